The van der Waals surface area contributed by atoms with Crippen LogP contribution in [0.1, 0.15) is 22.5 Å². The van der Waals surface area contributed by atoms with E-state index in [0.29, 0.717) is 12.1 Å². The van der Waals surface area contributed by atoms with Crippen LogP contribution < -0.4 is 0 Å². The lowest BCUT2D eigenvalue weighted by atomic mass is 10.0. The second-order valence-corrected chi connectivity index (χ2v) is 8.08. The van der Waals surface area contributed by atoms with Crippen molar-refractivity contribution in [1.82, 2.24) is 5.16 Å². The molecule has 31 heavy (non-hydrogen) atoms. The fourth-order valence-electron chi connectivity index (χ4n) is 2.60. The van der Waals surface area contributed by atoms with E-state index in [1.807, 2.05) is 0 Å². The van der Waals surface area contributed by atoms with E-state index in [0.717, 1.165) is 11.6 Å². The molecular weight excluding hydrogens is 452 g/mol. The Balaban J connectivity index is 1.86. The largest absolute Gasteiger partial charge is 0.417 e. The molecule has 0 N–H and O–H groups in total. The van der Waals surface area contributed by atoms with Gasteiger partial charge in [0.1, 0.15) is 12.3 Å². The molecule has 0 bridgehead atoms. The molecule has 0 fully saturated rings. The number of halogens is 6. The first-order valence-electron chi connectivity index (χ1n) is 8.48. The van der Waals surface area contributed by atoms with E-state index in [1.165, 1.54) is 12.1 Å². The van der Waals surface area contributed by atoms with E-state index in [1.54, 1.807) is 19.1 Å². The smallest absolute Gasteiger partial charge is 0.358 e. The van der Waals surface area contributed by atoms with E-state index in [-0.39, 0.29) is 16.7 Å². The summed E-state index contributed by atoms with van der Waals surface area (Å²) >= 11 is 0. The molecule has 0 aliphatic carbocycles. The van der Waals surface area contributed by atoms with Gasteiger partial charge in [-0.15, -0.1) is 0 Å². The predicted octanol–water partition coefficient (Wildman–Crippen LogP) is 5.59. The number of nitrogens with zero attached hydrogens (tertiary/aromatic N) is 1. The zero-order valence-electron chi connectivity index (χ0n) is 15.6. The second-order valence-electron chi connectivity index (χ2n) is 6.46. The molecule has 0 unspecified atom stereocenters. The summed E-state index contributed by atoms with van der Waals surface area (Å²) in [5.41, 5.74) is -3.30. The van der Waals surface area contributed by atoms with Crippen LogP contribution in [0.2, 0.25) is 0 Å². The van der Waals surface area contributed by atoms with Crippen LogP contribution in [0.25, 0.3) is 11.3 Å². The maximum Gasteiger partial charge on any atom is 0.417 e. The highest BCUT2D eigenvalue weighted by Crippen LogP contribution is 2.40. The molecule has 0 amide bonds. The fraction of sp³-hybridized carbons (Fsp3) is 0.211. The molecule has 0 saturated heterocycles. The van der Waals surface area contributed by atoms with Crippen molar-refractivity contribution in [3.05, 3.63) is 71.0 Å². The summed E-state index contributed by atoms with van der Waals surface area (Å²) in [5.74, 6) is -0.237. The molecule has 2 aromatic carbocycles. The van der Waals surface area contributed by atoms with Crippen molar-refractivity contribution in [3.63, 3.8) is 0 Å². The maximum atomic E-state index is 13.3. The molecule has 5 nitrogen and oxygen atoms in total. The third-order valence-corrected chi connectivity index (χ3v) is 5.43. The van der Waals surface area contributed by atoms with Crippen LogP contribution in [0, 0.1) is 6.92 Å². The van der Waals surface area contributed by atoms with Crippen molar-refractivity contribution in [3.8, 4) is 11.3 Å². The van der Waals surface area contributed by atoms with Crippen molar-refractivity contribution in [2.45, 2.75) is 30.8 Å². The highest BCUT2D eigenvalue weighted by molar-refractivity contribution is 7.86. The van der Waals surface area contributed by atoms with Crippen LogP contribution in [0.4, 0.5) is 26.3 Å². The molecule has 3 rings (SSSR count). The zero-order valence-corrected chi connectivity index (χ0v) is 16.4. The number of aryl methyl sites for hydroxylation is 1. The van der Waals surface area contributed by atoms with Crippen LogP contribution in [-0.2, 0) is 33.3 Å². The summed E-state index contributed by atoms with van der Waals surface area (Å²) in [5, 5.41) is 3.41. The summed E-state index contributed by atoms with van der Waals surface area (Å²) in [4.78, 5) is -0.139. The molecule has 0 radical (unpaired) electrons. The summed E-state index contributed by atoms with van der Waals surface area (Å²) < 4.78 is 112. The molecule has 1 heterocycles. The Kier molecular flexibility index (Phi) is 5.89. The van der Waals surface area contributed by atoms with Gasteiger partial charge >= 0.3 is 12.4 Å². The molecule has 12 heteroatoms. The Morgan fingerprint density at radius 2 is 1.58 bits per heavy atom. The van der Waals surface area contributed by atoms with E-state index in [9.17, 15) is 34.8 Å². The average Bonchev–Trinajstić information content (AvgIpc) is 3.14. The average molecular weight is 465 g/mol. The number of rotatable bonds is 5. The minimum atomic E-state index is -5.10. The number of benzene rings is 2. The van der Waals surface area contributed by atoms with Crippen molar-refractivity contribution in [2.24, 2.45) is 0 Å². The standard InChI is InChI=1S/C19H13F6NO4S/c1-11-2-5-14(6-3-11)31(27,28)29-10-13-9-17(26-30-13)15-7-4-12(18(20,21)22)8-16(15)19(23,24)25/h2-9H,10H2,1H3. The van der Waals surface area contributed by atoms with Gasteiger partial charge in [-0.2, -0.15) is 34.8 Å². The minimum absolute atomic E-state index is 0.0258. The summed E-state index contributed by atoms with van der Waals surface area (Å²) in [6, 6.07) is 7.76. The molecule has 0 spiro atoms. The molecule has 3 aromatic rings. The highest BCUT2D eigenvalue weighted by Gasteiger charge is 2.39. The first kappa shape index (κ1) is 22.8. The number of hydrogen-bond acceptors (Lipinski definition) is 5. The summed E-state index contributed by atoms with van der Waals surface area (Å²) in [6.45, 7) is 1.08. The maximum absolute atomic E-state index is 13.3. The second kappa shape index (κ2) is 8.00. The van der Waals surface area contributed by atoms with Crippen LogP contribution in [-0.4, -0.2) is 13.6 Å². The molecule has 166 valence electrons. The van der Waals surface area contributed by atoms with Gasteiger partial charge in [0.2, 0.25) is 0 Å². The first-order chi connectivity index (χ1) is 14.3. The van der Waals surface area contributed by atoms with Gasteiger partial charge in [0.15, 0.2) is 5.76 Å². The van der Waals surface area contributed by atoms with Gasteiger partial charge in [0.05, 0.1) is 16.0 Å². The van der Waals surface area contributed by atoms with Gasteiger partial charge in [0, 0.05) is 11.6 Å². The number of alkyl halides is 6. The summed E-state index contributed by atoms with van der Waals surface area (Å²) in [7, 11) is -4.18. The van der Waals surface area contributed by atoms with Crippen molar-refractivity contribution in [1.29, 1.82) is 0 Å². The third kappa shape index (κ3) is 5.25. The Labute approximate surface area is 172 Å². The number of aromatic nitrogens is 1. The molecule has 1 aromatic heterocycles. The lowest BCUT2D eigenvalue weighted by Gasteiger charge is -2.14. The van der Waals surface area contributed by atoms with Crippen LogP contribution in [0.5, 0.6) is 0 Å². The van der Waals surface area contributed by atoms with Crippen LogP contribution >= 0.6 is 0 Å². The van der Waals surface area contributed by atoms with Crippen LogP contribution in [0.15, 0.2) is 57.9 Å². The quantitative estimate of drug-likeness (QED) is 0.363. The van der Waals surface area contributed by atoms with Crippen LogP contribution in [0.3, 0.4) is 0 Å². The minimum Gasteiger partial charge on any atom is -0.358 e. The van der Waals surface area contributed by atoms with Gasteiger partial charge in [-0.25, -0.2) is 0 Å². The molecular formula is C19H13F6NO4S. The van der Waals surface area contributed by atoms with Crippen molar-refractivity contribution >= 4 is 10.1 Å². The van der Waals surface area contributed by atoms with E-state index < -0.39 is 51.5 Å². The Morgan fingerprint density at radius 1 is 0.935 bits per heavy atom. The molecule has 0 saturated carbocycles. The predicted molar refractivity (Wildman–Crippen MR) is 95.1 cm³/mol. The lowest BCUT2D eigenvalue weighted by molar-refractivity contribution is -0.142. The van der Waals surface area contributed by atoms with Gasteiger partial charge in [-0.3, -0.25) is 4.18 Å². The molecule has 0 aliphatic heterocycles. The fourth-order valence-corrected chi connectivity index (χ4v) is 3.47. The molecule has 0 aliphatic rings. The van der Waals surface area contributed by atoms with Gasteiger partial charge in [0.25, 0.3) is 10.1 Å². The van der Waals surface area contributed by atoms with E-state index in [2.05, 4.69) is 5.16 Å². The van der Waals surface area contributed by atoms with Crippen molar-refractivity contribution < 1.29 is 43.5 Å². The SMILES string of the molecule is Cc1ccc(S(=O)(=O)OCc2cc(-c3ccc(C(F)(F)F)cc3C(F)(F)F)no2)cc1. The van der Waals surface area contributed by atoms with Gasteiger partial charge in [-0.05, 0) is 31.2 Å². The topological polar surface area (TPSA) is 69.4 Å². The van der Waals surface area contributed by atoms with Gasteiger partial charge in [-0.1, -0.05) is 28.9 Å². The monoisotopic (exact) mass is 465 g/mol. The zero-order chi connectivity index (χ0) is 23.0. The van der Waals surface area contributed by atoms with E-state index >= 15 is 0 Å². The first-order valence-corrected chi connectivity index (χ1v) is 9.89. The Hall–Kier alpha value is -2.86. The van der Waals surface area contributed by atoms with E-state index in [4.69, 9.17) is 8.71 Å². The van der Waals surface area contributed by atoms with Crippen molar-refractivity contribution in [2.75, 3.05) is 0 Å². The lowest BCUT2D eigenvalue weighted by Crippen LogP contribution is -2.12. The Bertz CT molecular complexity index is 1180. The van der Waals surface area contributed by atoms with Gasteiger partial charge < -0.3 is 4.52 Å². The third-order valence-electron chi connectivity index (χ3n) is 4.15. The number of hydrogen-bond donors (Lipinski definition) is 0. The normalized spacial score (nSPS) is 12.9. The Morgan fingerprint density at radius 3 is 2.16 bits per heavy atom. The summed E-state index contributed by atoms with van der Waals surface area (Å²) in [6.07, 6.45) is -10.1. The molecule has 0 atom stereocenters. The highest BCUT2D eigenvalue weighted by atomic mass is 32.2.